The third kappa shape index (κ3) is 3.32. The topological polar surface area (TPSA) is 63.6 Å². The molecule has 0 saturated carbocycles. The van der Waals surface area contributed by atoms with Crippen LogP contribution in [-0.4, -0.2) is 31.4 Å². The third-order valence-corrected chi connectivity index (χ3v) is 3.26. The molecule has 1 heterocycles. The van der Waals surface area contributed by atoms with Crippen LogP contribution in [0.15, 0.2) is 30.5 Å². The quantitative estimate of drug-likeness (QED) is 0.851. The highest BCUT2D eigenvalue weighted by Crippen LogP contribution is 2.35. The van der Waals surface area contributed by atoms with Crippen LogP contribution in [0, 0.1) is 0 Å². The number of pyridine rings is 1. The molecule has 2 aromatic rings. The van der Waals surface area contributed by atoms with E-state index in [-0.39, 0.29) is 6.61 Å². The van der Waals surface area contributed by atoms with Gasteiger partial charge in [-0.05, 0) is 42.4 Å². The number of methoxy groups -OCH3 is 2. The van der Waals surface area contributed by atoms with Gasteiger partial charge in [-0.1, -0.05) is 0 Å². The molecule has 0 aliphatic rings. The zero-order valence-corrected chi connectivity index (χ0v) is 12.5. The van der Waals surface area contributed by atoms with Gasteiger partial charge in [0.2, 0.25) is 0 Å². The van der Waals surface area contributed by atoms with Crippen molar-refractivity contribution in [2.45, 2.75) is 13.2 Å². The molecule has 0 aliphatic heterocycles. The molecular weight excluding hydrogens is 268 g/mol. The summed E-state index contributed by atoms with van der Waals surface area (Å²) in [6.07, 6.45) is 1.76. The lowest BCUT2D eigenvalue weighted by Gasteiger charge is -2.14. The minimum absolute atomic E-state index is 0.0897. The summed E-state index contributed by atoms with van der Waals surface area (Å²) in [6.45, 7) is 0.672. The first kappa shape index (κ1) is 15.3. The molecule has 0 bridgehead atoms. The molecule has 0 unspecified atom stereocenters. The van der Waals surface area contributed by atoms with E-state index in [1.165, 1.54) is 0 Å². The number of nitrogens with zero attached hydrogens (tertiary/aromatic N) is 1. The highest BCUT2D eigenvalue weighted by atomic mass is 16.5. The molecule has 21 heavy (non-hydrogen) atoms. The van der Waals surface area contributed by atoms with Crippen molar-refractivity contribution in [2.75, 3.05) is 21.3 Å². The van der Waals surface area contributed by atoms with Gasteiger partial charge in [0.1, 0.15) is 0 Å². The van der Waals surface area contributed by atoms with Gasteiger partial charge >= 0.3 is 0 Å². The normalized spacial score (nSPS) is 10.5. The number of aromatic nitrogens is 1. The molecule has 0 radical (unpaired) electrons. The maximum atomic E-state index is 9.60. The number of hydrogen-bond acceptors (Lipinski definition) is 5. The van der Waals surface area contributed by atoms with Crippen LogP contribution in [0.5, 0.6) is 11.5 Å². The Balaban J connectivity index is 2.53. The Kier molecular flexibility index (Phi) is 5.14. The van der Waals surface area contributed by atoms with Crippen LogP contribution in [0.1, 0.15) is 11.1 Å². The van der Waals surface area contributed by atoms with Gasteiger partial charge in [0.05, 0.1) is 26.5 Å². The standard InChI is InChI=1S/C16H20N2O3/c1-17-9-11-4-5-18-14(6-11)13-8-16(21-3)15(20-2)7-12(13)10-19/h4-8,17,19H,9-10H2,1-3H3. The number of aliphatic hydroxyl groups is 1. The Morgan fingerprint density at radius 3 is 2.48 bits per heavy atom. The Morgan fingerprint density at radius 1 is 1.14 bits per heavy atom. The lowest BCUT2D eigenvalue weighted by Crippen LogP contribution is -2.05. The largest absolute Gasteiger partial charge is 0.493 e. The Hall–Kier alpha value is -2.11. The zero-order valence-electron chi connectivity index (χ0n) is 12.5. The molecule has 1 aromatic heterocycles. The van der Waals surface area contributed by atoms with Gasteiger partial charge in [-0.2, -0.15) is 0 Å². The molecule has 0 amide bonds. The summed E-state index contributed by atoms with van der Waals surface area (Å²) in [4.78, 5) is 4.40. The number of rotatable bonds is 6. The number of aliphatic hydroxyl groups excluding tert-OH is 1. The van der Waals surface area contributed by atoms with Crippen molar-refractivity contribution in [1.29, 1.82) is 0 Å². The summed E-state index contributed by atoms with van der Waals surface area (Å²) < 4.78 is 10.6. The predicted molar refractivity (Wildman–Crippen MR) is 81.5 cm³/mol. The van der Waals surface area contributed by atoms with E-state index >= 15 is 0 Å². The summed E-state index contributed by atoms with van der Waals surface area (Å²) >= 11 is 0. The molecule has 0 aliphatic carbocycles. The SMILES string of the molecule is CNCc1ccnc(-c2cc(OC)c(OC)cc2CO)c1. The van der Waals surface area contributed by atoms with Gasteiger partial charge < -0.3 is 19.9 Å². The van der Waals surface area contributed by atoms with Crippen LogP contribution in [0.3, 0.4) is 0 Å². The average molecular weight is 288 g/mol. The highest BCUT2D eigenvalue weighted by Gasteiger charge is 2.13. The molecule has 5 nitrogen and oxygen atoms in total. The van der Waals surface area contributed by atoms with Crippen LogP contribution in [0.2, 0.25) is 0 Å². The molecule has 1 aromatic carbocycles. The second-order valence-electron chi connectivity index (χ2n) is 4.60. The lowest BCUT2D eigenvalue weighted by atomic mass is 10.0. The van der Waals surface area contributed by atoms with Crippen molar-refractivity contribution in [3.05, 3.63) is 41.6 Å². The molecule has 2 rings (SSSR count). The van der Waals surface area contributed by atoms with Gasteiger partial charge in [-0.25, -0.2) is 0 Å². The minimum Gasteiger partial charge on any atom is -0.493 e. The Labute approximate surface area is 124 Å². The third-order valence-electron chi connectivity index (χ3n) is 3.26. The molecule has 0 saturated heterocycles. The second-order valence-corrected chi connectivity index (χ2v) is 4.60. The monoisotopic (exact) mass is 288 g/mol. The van der Waals surface area contributed by atoms with Gasteiger partial charge in [0.15, 0.2) is 11.5 Å². The van der Waals surface area contributed by atoms with Crippen molar-refractivity contribution in [2.24, 2.45) is 0 Å². The molecule has 5 heteroatoms. The fourth-order valence-electron chi connectivity index (χ4n) is 2.23. The van der Waals surface area contributed by atoms with Crippen LogP contribution < -0.4 is 14.8 Å². The van der Waals surface area contributed by atoms with Crippen LogP contribution in [-0.2, 0) is 13.2 Å². The second kappa shape index (κ2) is 7.06. The lowest BCUT2D eigenvalue weighted by molar-refractivity contribution is 0.280. The van der Waals surface area contributed by atoms with Crippen LogP contribution in [0.4, 0.5) is 0 Å². The number of nitrogens with one attached hydrogen (secondary N) is 1. The van der Waals surface area contributed by atoms with E-state index in [1.54, 1.807) is 26.5 Å². The maximum Gasteiger partial charge on any atom is 0.161 e. The smallest absolute Gasteiger partial charge is 0.161 e. The molecule has 112 valence electrons. The minimum atomic E-state index is -0.0897. The van der Waals surface area contributed by atoms with E-state index < -0.39 is 0 Å². The Bertz CT molecular complexity index is 614. The fraction of sp³-hybridized carbons (Fsp3) is 0.312. The van der Waals surface area contributed by atoms with E-state index in [1.807, 2.05) is 25.2 Å². The van der Waals surface area contributed by atoms with E-state index in [9.17, 15) is 5.11 Å². The predicted octanol–water partition coefficient (Wildman–Crippen LogP) is 1.98. The molecular formula is C16H20N2O3. The first-order valence-electron chi connectivity index (χ1n) is 6.69. The number of hydrogen-bond donors (Lipinski definition) is 2. The maximum absolute atomic E-state index is 9.60. The van der Waals surface area contributed by atoms with Gasteiger partial charge in [-0.15, -0.1) is 0 Å². The zero-order chi connectivity index (χ0) is 15.2. The first-order chi connectivity index (χ1) is 10.2. The summed E-state index contributed by atoms with van der Waals surface area (Å²) in [5.41, 5.74) is 3.52. The fourth-order valence-corrected chi connectivity index (χ4v) is 2.23. The average Bonchev–Trinajstić information content (AvgIpc) is 2.54. The molecule has 0 fully saturated rings. The van der Waals surface area contributed by atoms with E-state index in [0.29, 0.717) is 11.5 Å². The van der Waals surface area contributed by atoms with Crippen LogP contribution >= 0.6 is 0 Å². The van der Waals surface area contributed by atoms with Crippen molar-refractivity contribution in [3.8, 4) is 22.8 Å². The van der Waals surface area contributed by atoms with E-state index in [0.717, 1.165) is 28.9 Å². The van der Waals surface area contributed by atoms with Crippen molar-refractivity contribution < 1.29 is 14.6 Å². The van der Waals surface area contributed by atoms with E-state index in [4.69, 9.17) is 9.47 Å². The van der Waals surface area contributed by atoms with Gasteiger partial charge in [0, 0.05) is 18.3 Å². The summed E-state index contributed by atoms with van der Waals surface area (Å²) in [5, 5.41) is 12.7. The van der Waals surface area contributed by atoms with Gasteiger partial charge in [0.25, 0.3) is 0 Å². The van der Waals surface area contributed by atoms with Crippen molar-refractivity contribution in [1.82, 2.24) is 10.3 Å². The van der Waals surface area contributed by atoms with Crippen molar-refractivity contribution >= 4 is 0 Å². The van der Waals surface area contributed by atoms with E-state index in [2.05, 4.69) is 10.3 Å². The summed E-state index contributed by atoms with van der Waals surface area (Å²) in [6, 6.07) is 7.58. The Morgan fingerprint density at radius 2 is 1.86 bits per heavy atom. The first-order valence-corrected chi connectivity index (χ1v) is 6.69. The number of benzene rings is 1. The molecule has 0 spiro atoms. The van der Waals surface area contributed by atoms with Gasteiger partial charge in [-0.3, -0.25) is 4.98 Å². The highest BCUT2D eigenvalue weighted by molar-refractivity contribution is 5.68. The summed E-state index contributed by atoms with van der Waals surface area (Å²) in [7, 11) is 5.06. The number of ether oxygens (including phenoxy) is 2. The summed E-state index contributed by atoms with van der Waals surface area (Å²) in [5.74, 6) is 1.21. The molecule has 2 N–H and O–H groups in total. The van der Waals surface area contributed by atoms with Crippen molar-refractivity contribution in [3.63, 3.8) is 0 Å². The van der Waals surface area contributed by atoms with Crippen LogP contribution in [0.25, 0.3) is 11.3 Å². The molecule has 0 atom stereocenters.